The molecule has 1 amide bonds. The van der Waals surface area contributed by atoms with Crippen molar-refractivity contribution in [2.24, 2.45) is 0 Å². The molecule has 0 saturated carbocycles. The summed E-state index contributed by atoms with van der Waals surface area (Å²) in [6.07, 6.45) is 3.43. The summed E-state index contributed by atoms with van der Waals surface area (Å²) in [7, 11) is 0. The summed E-state index contributed by atoms with van der Waals surface area (Å²) in [5.41, 5.74) is 1.95. The largest absolute Gasteiger partial charge is 0.457 e. The Kier molecular flexibility index (Phi) is 4.89. The van der Waals surface area contributed by atoms with Gasteiger partial charge in [-0.3, -0.25) is 9.78 Å². The number of nitrogens with zero attached hydrogens (tertiary/aromatic N) is 2. The number of carbonyl (C=O) groups is 1. The molecule has 6 heteroatoms. The van der Waals surface area contributed by atoms with E-state index in [0.29, 0.717) is 17.1 Å². The number of benzene rings is 2. The van der Waals surface area contributed by atoms with Crippen LogP contribution in [0.5, 0.6) is 11.5 Å². The van der Waals surface area contributed by atoms with Gasteiger partial charge < -0.3 is 10.1 Å². The molecule has 0 radical (unpaired) electrons. The number of amides is 1. The highest BCUT2D eigenvalue weighted by Crippen LogP contribution is 2.25. The van der Waals surface area contributed by atoms with Crippen LogP contribution >= 0.6 is 11.3 Å². The van der Waals surface area contributed by atoms with Crippen LogP contribution in [0.1, 0.15) is 10.5 Å². The minimum absolute atomic E-state index is 0.252. The van der Waals surface area contributed by atoms with Crippen molar-refractivity contribution in [1.82, 2.24) is 9.97 Å². The lowest BCUT2D eigenvalue weighted by Gasteiger charge is -2.07. The number of aromatic nitrogens is 2. The number of carbonyl (C=O) groups excluding carboxylic acids is 1. The van der Waals surface area contributed by atoms with Crippen molar-refractivity contribution >= 4 is 22.9 Å². The fourth-order valence-corrected chi connectivity index (χ4v) is 3.22. The van der Waals surface area contributed by atoms with E-state index in [1.165, 1.54) is 11.3 Å². The lowest BCUT2D eigenvalue weighted by molar-refractivity contribution is 0.102. The topological polar surface area (TPSA) is 64.1 Å². The average Bonchev–Trinajstić information content (AvgIpc) is 3.21. The van der Waals surface area contributed by atoms with Crippen LogP contribution < -0.4 is 10.1 Å². The molecule has 1 N–H and O–H groups in total. The van der Waals surface area contributed by atoms with Crippen molar-refractivity contribution in [2.45, 2.75) is 0 Å². The molecule has 0 aliphatic carbocycles. The van der Waals surface area contributed by atoms with E-state index in [2.05, 4.69) is 15.3 Å². The van der Waals surface area contributed by atoms with Gasteiger partial charge in [0, 0.05) is 29.0 Å². The third-order valence-electron chi connectivity index (χ3n) is 3.74. The SMILES string of the molecule is O=C(Nc1ccc(Oc2ccccc2)cc1)c1csc(-c2cccnc2)n1. The number of para-hydroxylation sites is 1. The van der Waals surface area contributed by atoms with Crippen LogP contribution in [0.3, 0.4) is 0 Å². The highest BCUT2D eigenvalue weighted by Gasteiger charge is 2.12. The molecule has 132 valence electrons. The molecular weight excluding hydrogens is 358 g/mol. The van der Waals surface area contributed by atoms with Gasteiger partial charge in [-0.2, -0.15) is 0 Å². The van der Waals surface area contributed by atoms with E-state index in [4.69, 9.17) is 4.74 Å². The predicted molar refractivity (Wildman–Crippen MR) is 106 cm³/mol. The van der Waals surface area contributed by atoms with Crippen LogP contribution in [0.25, 0.3) is 10.6 Å². The summed E-state index contributed by atoms with van der Waals surface area (Å²) < 4.78 is 5.75. The predicted octanol–water partition coefficient (Wildman–Crippen LogP) is 5.25. The number of rotatable bonds is 5. The Bertz CT molecular complexity index is 1030. The first-order valence-corrected chi connectivity index (χ1v) is 9.16. The molecule has 0 aliphatic heterocycles. The Morgan fingerprint density at radius 3 is 2.44 bits per heavy atom. The van der Waals surface area contributed by atoms with E-state index >= 15 is 0 Å². The normalized spacial score (nSPS) is 10.4. The first-order chi connectivity index (χ1) is 13.3. The molecular formula is C21H15N3O2S. The summed E-state index contributed by atoms with van der Waals surface area (Å²) in [4.78, 5) is 20.9. The lowest BCUT2D eigenvalue weighted by atomic mass is 10.3. The van der Waals surface area contributed by atoms with E-state index in [0.717, 1.165) is 16.3 Å². The van der Waals surface area contributed by atoms with Crippen molar-refractivity contribution in [3.63, 3.8) is 0 Å². The first kappa shape index (κ1) is 16.9. The summed E-state index contributed by atoms with van der Waals surface area (Å²) in [5.74, 6) is 1.21. The molecule has 2 aromatic carbocycles. The van der Waals surface area contributed by atoms with Crippen molar-refractivity contribution in [2.75, 3.05) is 5.32 Å². The number of hydrogen-bond donors (Lipinski definition) is 1. The lowest BCUT2D eigenvalue weighted by Crippen LogP contribution is -2.12. The molecule has 0 spiro atoms. The van der Waals surface area contributed by atoms with Gasteiger partial charge in [-0.1, -0.05) is 18.2 Å². The quantitative estimate of drug-likeness (QED) is 0.519. The summed E-state index contributed by atoms with van der Waals surface area (Å²) in [6, 6.07) is 20.5. The van der Waals surface area contributed by atoms with E-state index in [1.54, 1.807) is 29.9 Å². The van der Waals surface area contributed by atoms with E-state index < -0.39 is 0 Å². The number of hydrogen-bond acceptors (Lipinski definition) is 5. The maximum atomic E-state index is 12.4. The van der Waals surface area contributed by atoms with Gasteiger partial charge in [0.05, 0.1) is 0 Å². The Labute approximate surface area is 160 Å². The zero-order valence-corrected chi connectivity index (χ0v) is 15.0. The number of nitrogens with one attached hydrogen (secondary N) is 1. The molecule has 2 heterocycles. The van der Waals surface area contributed by atoms with Gasteiger partial charge in [-0.05, 0) is 48.5 Å². The second-order valence-corrected chi connectivity index (χ2v) is 6.53. The number of thiazole rings is 1. The smallest absolute Gasteiger partial charge is 0.275 e. The maximum Gasteiger partial charge on any atom is 0.275 e. The third-order valence-corrected chi connectivity index (χ3v) is 4.63. The molecule has 0 fully saturated rings. The van der Waals surface area contributed by atoms with Crippen molar-refractivity contribution in [3.05, 3.63) is 90.2 Å². The molecule has 4 aromatic rings. The second kappa shape index (κ2) is 7.80. The minimum Gasteiger partial charge on any atom is -0.457 e. The fourth-order valence-electron chi connectivity index (χ4n) is 2.43. The second-order valence-electron chi connectivity index (χ2n) is 5.67. The molecule has 0 atom stereocenters. The van der Waals surface area contributed by atoms with Crippen molar-refractivity contribution in [1.29, 1.82) is 0 Å². The standard InChI is InChI=1S/C21H15N3O2S/c25-20(19-14-27-21(24-19)15-5-4-12-22-13-15)23-16-8-10-18(11-9-16)26-17-6-2-1-3-7-17/h1-14H,(H,23,25). The van der Waals surface area contributed by atoms with Crippen LogP contribution in [0.4, 0.5) is 5.69 Å². The molecule has 0 aliphatic rings. The van der Waals surface area contributed by atoms with Gasteiger partial charge in [-0.15, -0.1) is 11.3 Å². The number of anilines is 1. The van der Waals surface area contributed by atoms with E-state index in [-0.39, 0.29) is 5.91 Å². The van der Waals surface area contributed by atoms with Gasteiger partial charge in [0.2, 0.25) is 0 Å². The Morgan fingerprint density at radius 2 is 1.70 bits per heavy atom. The number of ether oxygens (including phenoxy) is 1. The zero-order chi connectivity index (χ0) is 18.5. The van der Waals surface area contributed by atoms with Crippen molar-refractivity contribution < 1.29 is 9.53 Å². The van der Waals surface area contributed by atoms with Crippen LogP contribution in [0.15, 0.2) is 84.5 Å². The highest BCUT2D eigenvalue weighted by molar-refractivity contribution is 7.13. The Morgan fingerprint density at radius 1 is 0.926 bits per heavy atom. The molecule has 4 rings (SSSR count). The van der Waals surface area contributed by atoms with E-state index in [9.17, 15) is 4.79 Å². The monoisotopic (exact) mass is 373 g/mol. The Hall–Kier alpha value is -3.51. The third kappa shape index (κ3) is 4.19. The van der Waals surface area contributed by atoms with Crippen molar-refractivity contribution in [3.8, 4) is 22.1 Å². The minimum atomic E-state index is -0.252. The van der Waals surface area contributed by atoms with Crippen LogP contribution in [0.2, 0.25) is 0 Å². The summed E-state index contributed by atoms with van der Waals surface area (Å²) in [5, 5.41) is 5.35. The molecule has 0 unspecified atom stereocenters. The fraction of sp³-hybridized carbons (Fsp3) is 0. The maximum absolute atomic E-state index is 12.4. The van der Waals surface area contributed by atoms with Gasteiger partial charge in [0.15, 0.2) is 0 Å². The molecule has 2 aromatic heterocycles. The average molecular weight is 373 g/mol. The first-order valence-electron chi connectivity index (χ1n) is 8.28. The van der Waals surface area contributed by atoms with Crippen LogP contribution in [-0.4, -0.2) is 15.9 Å². The van der Waals surface area contributed by atoms with Gasteiger partial charge in [0.25, 0.3) is 5.91 Å². The van der Waals surface area contributed by atoms with Crippen LogP contribution in [0, 0.1) is 0 Å². The van der Waals surface area contributed by atoms with Crippen LogP contribution in [-0.2, 0) is 0 Å². The summed E-state index contributed by atoms with van der Waals surface area (Å²) in [6.45, 7) is 0. The van der Waals surface area contributed by atoms with Gasteiger partial charge >= 0.3 is 0 Å². The van der Waals surface area contributed by atoms with E-state index in [1.807, 2.05) is 54.6 Å². The van der Waals surface area contributed by atoms with Gasteiger partial charge in [-0.25, -0.2) is 4.98 Å². The molecule has 0 bridgehead atoms. The molecule has 27 heavy (non-hydrogen) atoms. The number of pyridine rings is 1. The Balaban J connectivity index is 1.42. The molecule has 5 nitrogen and oxygen atoms in total. The zero-order valence-electron chi connectivity index (χ0n) is 14.2. The summed E-state index contributed by atoms with van der Waals surface area (Å²) >= 11 is 1.41. The van der Waals surface area contributed by atoms with Gasteiger partial charge in [0.1, 0.15) is 22.2 Å². The highest BCUT2D eigenvalue weighted by atomic mass is 32.1. The molecule has 0 saturated heterocycles.